The van der Waals surface area contributed by atoms with E-state index in [0.29, 0.717) is 12.5 Å². The molecular formula is C16H26IN3O2. The van der Waals surface area contributed by atoms with E-state index in [4.69, 9.17) is 15.2 Å². The first-order chi connectivity index (χ1) is 10.2. The van der Waals surface area contributed by atoms with Crippen LogP contribution < -0.4 is 20.5 Å². The van der Waals surface area contributed by atoms with Crippen LogP contribution in [0.15, 0.2) is 29.3 Å². The predicted molar refractivity (Wildman–Crippen MR) is 100 cm³/mol. The van der Waals surface area contributed by atoms with Crippen LogP contribution in [0, 0.1) is 5.92 Å². The van der Waals surface area contributed by atoms with Crippen LogP contribution >= 0.6 is 24.0 Å². The Balaban J connectivity index is 0.00000242. The van der Waals surface area contributed by atoms with Crippen LogP contribution in [0.5, 0.6) is 11.5 Å². The number of hydrogen-bond donors (Lipinski definition) is 2. The molecule has 1 aliphatic carbocycles. The van der Waals surface area contributed by atoms with Gasteiger partial charge in [-0.05, 0) is 37.8 Å². The number of aliphatic imine (C=N–C) groups is 1. The molecule has 0 bridgehead atoms. The lowest BCUT2D eigenvalue weighted by Crippen LogP contribution is -2.38. The lowest BCUT2D eigenvalue weighted by atomic mass is 9.85. The Morgan fingerprint density at radius 2 is 2.05 bits per heavy atom. The molecule has 1 unspecified atom stereocenters. The van der Waals surface area contributed by atoms with Gasteiger partial charge in [0.2, 0.25) is 0 Å². The number of nitrogens with zero attached hydrogens (tertiary/aromatic N) is 1. The number of para-hydroxylation sites is 2. The van der Waals surface area contributed by atoms with E-state index in [9.17, 15) is 0 Å². The lowest BCUT2D eigenvalue weighted by molar-refractivity contribution is 0.219. The standard InChI is InChI=1S/C16H25N3O2.HI/c1-12(21-15-9-4-3-8-14(15)20-2)10-18-16(17)19-11-13-6-5-7-13;/h3-4,8-9,12-13H,5-7,10-11H2,1-2H3,(H3,17,18,19);1H. The Bertz CT molecular complexity index is 478. The zero-order chi connectivity index (χ0) is 15.1. The molecule has 0 amide bonds. The summed E-state index contributed by atoms with van der Waals surface area (Å²) >= 11 is 0. The first-order valence-corrected chi connectivity index (χ1v) is 7.52. The first-order valence-electron chi connectivity index (χ1n) is 7.52. The van der Waals surface area contributed by atoms with E-state index in [1.165, 1.54) is 19.3 Å². The van der Waals surface area contributed by atoms with Gasteiger partial charge in [0.25, 0.3) is 0 Å². The van der Waals surface area contributed by atoms with Gasteiger partial charge in [-0.2, -0.15) is 0 Å². The van der Waals surface area contributed by atoms with E-state index in [-0.39, 0.29) is 30.1 Å². The van der Waals surface area contributed by atoms with Gasteiger partial charge in [0.05, 0.1) is 13.7 Å². The zero-order valence-corrected chi connectivity index (χ0v) is 15.6. The molecule has 1 aromatic rings. The number of guanidine groups is 1. The van der Waals surface area contributed by atoms with Crippen molar-refractivity contribution in [3.8, 4) is 11.5 Å². The fourth-order valence-electron chi connectivity index (χ4n) is 2.20. The summed E-state index contributed by atoms with van der Waals surface area (Å²) in [7, 11) is 1.63. The molecule has 2 rings (SSSR count). The molecule has 3 N–H and O–H groups in total. The third-order valence-corrected chi connectivity index (χ3v) is 3.71. The Labute approximate surface area is 149 Å². The highest BCUT2D eigenvalue weighted by Gasteiger charge is 2.16. The van der Waals surface area contributed by atoms with Crippen LogP contribution in [0.3, 0.4) is 0 Å². The lowest BCUT2D eigenvalue weighted by Gasteiger charge is -2.25. The van der Waals surface area contributed by atoms with Gasteiger partial charge in [0, 0.05) is 6.54 Å². The molecule has 124 valence electrons. The van der Waals surface area contributed by atoms with Crippen LogP contribution in [0.4, 0.5) is 0 Å². The van der Waals surface area contributed by atoms with Crippen molar-refractivity contribution in [1.82, 2.24) is 5.32 Å². The fourth-order valence-corrected chi connectivity index (χ4v) is 2.20. The molecular weight excluding hydrogens is 393 g/mol. The molecule has 0 heterocycles. The molecule has 1 aromatic carbocycles. The monoisotopic (exact) mass is 419 g/mol. The van der Waals surface area contributed by atoms with Gasteiger partial charge in [-0.1, -0.05) is 18.6 Å². The predicted octanol–water partition coefficient (Wildman–Crippen LogP) is 2.78. The quantitative estimate of drug-likeness (QED) is 0.405. The normalized spacial score (nSPS) is 16.2. The van der Waals surface area contributed by atoms with Gasteiger partial charge in [-0.15, -0.1) is 24.0 Å². The highest BCUT2D eigenvalue weighted by Crippen LogP contribution is 2.27. The van der Waals surface area contributed by atoms with Crippen molar-refractivity contribution in [2.24, 2.45) is 16.6 Å². The van der Waals surface area contributed by atoms with Crippen LogP contribution in [-0.2, 0) is 0 Å². The van der Waals surface area contributed by atoms with Gasteiger partial charge in [-0.3, -0.25) is 0 Å². The van der Waals surface area contributed by atoms with Crippen molar-refractivity contribution < 1.29 is 9.47 Å². The van der Waals surface area contributed by atoms with Gasteiger partial charge < -0.3 is 20.5 Å². The van der Waals surface area contributed by atoms with Crippen LogP contribution in [0.25, 0.3) is 0 Å². The highest BCUT2D eigenvalue weighted by atomic mass is 127. The van der Waals surface area contributed by atoms with Crippen molar-refractivity contribution in [1.29, 1.82) is 0 Å². The molecule has 6 heteroatoms. The third kappa shape index (κ3) is 5.90. The molecule has 0 aliphatic heterocycles. The molecule has 1 saturated carbocycles. The van der Waals surface area contributed by atoms with Crippen molar-refractivity contribution in [2.75, 3.05) is 20.2 Å². The summed E-state index contributed by atoms with van der Waals surface area (Å²) in [6.07, 6.45) is 3.87. The fraction of sp³-hybridized carbons (Fsp3) is 0.562. The number of rotatable bonds is 7. The smallest absolute Gasteiger partial charge is 0.188 e. The second kappa shape index (κ2) is 9.76. The second-order valence-electron chi connectivity index (χ2n) is 5.48. The Morgan fingerprint density at radius 3 is 2.64 bits per heavy atom. The summed E-state index contributed by atoms with van der Waals surface area (Å²) in [5, 5.41) is 3.17. The number of nitrogens with one attached hydrogen (secondary N) is 1. The average Bonchev–Trinajstić information content (AvgIpc) is 2.44. The van der Waals surface area contributed by atoms with Crippen molar-refractivity contribution in [2.45, 2.75) is 32.3 Å². The van der Waals surface area contributed by atoms with Crippen LogP contribution in [0.2, 0.25) is 0 Å². The Morgan fingerprint density at radius 1 is 1.36 bits per heavy atom. The minimum Gasteiger partial charge on any atom is -0.493 e. The van der Waals surface area contributed by atoms with Crippen molar-refractivity contribution in [3.63, 3.8) is 0 Å². The van der Waals surface area contributed by atoms with Gasteiger partial charge >= 0.3 is 0 Å². The largest absolute Gasteiger partial charge is 0.493 e. The van der Waals surface area contributed by atoms with E-state index >= 15 is 0 Å². The van der Waals surface area contributed by atoms with E-state index < -0.39 is 0 Å². The number of nitrogens with two attached hydrogens (primary N) is 1. The summed E-state index contributed by atoms with van der Waals surface area (Å²) in [4.78, 5) is 4.32. The Kier molecular flexibility index (Phi) is 8.37. The zero-order valence-electron chi connectivity index (χ0n) is 13.2. The van der Waals surface area contributed by atoms with Gasteiger partial charge in [0.15, 0.2) is 17.5 Å². The molecule has 0 spiro atoms. The van der Waals surface area contributed by atoms with Crippen LogP contribution in [0.1, 0.15) is 26.2 Å². The minimum atomic E-state index is -0.0645. The summed E-state index contributed by atoms with van der Waals surface area (Å²) in [6, 6.07) is 7.59. The molecule has 0 saturated heterocycles. The van der Waals surface area contributed by atoms with Crippen molar-refractivity contribution in [3.05, 3.63) is 24.3 Å². The molecule has 0 radical (unpaired) electrons. The maximum Gasteiger partial charge on any atom is 0.188 e. The summed E-state index contributed by atoms with van der Waals surface area (Å²) in [5.74, 6) is 2.71. The van der Waals surface area contributed by atoms with Gasteiger partial charge in [0.1, 0.15) is 6.10 Å². The SMILES string of the molecule is COc1ccccc1OC(C)CN=C(N)NCC1CCC1.I. The maximum absolute atomic E-state index is 5.86. The Hall–Kier alpha value is -1.18. The number of hydrogen-bond acceptors (Lipinski definition) is 3. The van der Waals surface area contributed by atoms with Gasteiger partial charge in [-0.25, -0.2) is 4.99 Å². The molecule has 1 atom stereocenters. The van der Waals surface area contributed by atoms with E-state index in [2.05, 4.69) is 10.3 Å². The number of ether oxygens (including phenoxy) is 2. The second-order valence-corrected chi connectivity index (χ2v) is 5.48. The highest BCUT2D eigenvalue weighted by molar-refractivity contribution is 14.0. The average molecular weight is 419 g/mol. The minimum absolute atomic E-state index is 0. The molecule has 22 heavy (non-hydrogen) atoms. The van der Waals surface area contributed by atoms with Crippen molar-refractivity contribution >= 4 is 29.9 Å². The number of halogens is 1. The first kappa shape index (κ1) is 18.9. The summed E-state index contributed by atoms with van der Waals surface area (Å²) in [5.41, 5.74) is 5.86. The molecule has 0 aromatic heterocycles. The van der Waals surface area contributed by atoms with E-state index in [1.54, 1.807) is 7.11 Å². The number of benzene rings is 1. The van der Waals surface area contributed by atoms with Crippen LogP contribution in [-0.4, -0.2) is 32.3 Å². The molecule has 5 nitrogen and oxygen atoms in total. The molecule has 1 fully saturated rings. The summed E-state index contributed by atoms with van der Waals surface area (Å²) in [6.45, 7) is 3.41. The molecule has 1 aliphatic rings. The van der Waals surface area contributed by atoms with E-state index in [0.717, 1.165) is 24.0 Å². The maximum atomic E-state index is 5.86. The van der Waals surface area contributed by atoms with E-state index in [1.807, 2.05) is 31.2 Å². The number of methoxy groups -OCH3 is 1. The summed E-state index contributed by atoms with van der Waals surface area (Å²) < 4.78 is 11.1. The topological polar surface area (TPSA) is 68.9 Å². The third-order valence-electron chi connectivity index (χ3n) is 3.71.